The van der Waals surface area contributed by atoms with Crippen LogP contribution in [0.1, 0.15) is 27.6 Å². The third kappa shape index (κ3) is 6.55. The van der Waals surface area contributed by atoms with Crippen LogP contribution in [-0.4, -0.2) is 141 Å². The molecule has 0 unspecified atom stereocenters. The predicted molar refractivity (Wildman–Crippen MR) is 167 cm³/mol. The number of benzene rings is 2. The first kappa shape index (κ1) is 35.9. The van der Waals surface area contributed by atoms with Crippen molar-refractivity contribution in [2.45, 2.75) is 92.4 Å². The molecule has 0 radical (unpaired) electrons. The van der Waals surface area contributed by atoms with Crippen molar-refractivity contribution in [3.05, 3.63) is 84.1 Å². The summed E-state index contributed by atoms with van der Waals surface area (Å²) < 4.78 is 47.5. The van der Waals surface area contributed by atoms with E-state index in [-0.39, 0.29) is 11.1 Å². The van der Waals surface area contributed by atoms with E-state index in [9.17, 15) is 40.2 Å². The van der Waals surface area contributed by atoms with Gasteiger partial charge in [0.15, 0.2) is 24.8 Å². The largest absolute Gasteiger partial charge is 0.472 e. The Labute approximate surface area is 291 Å². The first-order valence-corrected chi connectivity index (χ1v) is 16.7. The second-order valence-corrected chi connectivity index (χ2v) is 13.2. The van der Waals surface area contributed by atoms with Gasteiger partial charge in [-0.2, -0.15) is 0 Å². The number of carbonyl (C=O) groups excluding carboxylic acids is 2. The molecular formula is C35H40O16. The third-order valence-electron chi connectivity index (χ3n) is 10.2. The fourth-order valence-electron chi connectivity index (χ4n) is 7.35. The van der Waals surface area contributed by atoms with Gasteiger partial charge in [0.2, 0.25) is 6.29 Å². The van der Waals surface area contributed by atoms with E-state index in [4.69, 9.17) is 37.9 Å². The molecule has 4 fully saturated rings. The van der Waals surface area contributed by atoms with Gasteiger partial charge in [0, 0.05) is 5.92 Å². The molecule has 276 valence electrons. The normalized spacial score (nSPS) is 42.6. The molecule has 16 atom stereocenters. The van der Waals surface area contributed by atoms with Crippen molar-refractivity contribution in [1.82, 2.24) is 0 Å². The van der Waals surface area contributed by atoms with Crippen LogP contribution in [0.4, 0.5) is 0 Å². The SMILES string of the molecule is C[C@@H]1O[C@@H](O[C@H]2[C@@H]3C=CO[C@@H](O[C@@H]4O[C@H](CO)[C@@H](O)[C@H](O)[C@H]4O)[C@@H]3[C@@]3(CO)O[C@@H]23)[C@H](OC(=O)c2ccccc2)[C@H](OC(=O)c2ccccc2)[C@H]1O. The lowest BCUT2D eigenvalue weighted by atomic mass is 9.85. The van der Waals surface area contributed by atoms with Gasteiger partial charge in [0.05, 0.1) is 48.7 Å². The molecule has 0 amide bonds. The van der Waals surface area contributed by atoms with Gasteiger partial charge in [0.25, 0.3) is 0 Å². The van der Waals surface area contributed by atoms with E-state index in [0.717, 1.165) is 0 Å². The molecule has 3 saturated heterocycles. The number of fused-ring (bicyclic) bond motifs is 3. The summed E-state index contributed by atoms with van der Waals surface area (Å²) in [6.45, 7) is 0.367. The third-order valence-corrected chi connectivity index (χ3v) is 10.2. The van der Waals surface area contributed by atoms with Crippen molar-refractivity contribution in [2.24, 2.45) is 11.8 Å². The number of esters is 2. The molecule has 0 bridgehead atoms. The minimum absolute atomic E-state index is 0.184. The molecule has 6 N–H and O–H groups in total. The van der Waals surface area contributed by atoms with E-state index >= 15 is 0 Å². The highest BCUT2D eigenvalue weighted by molar-refractivity contribution is 5.90. The Morgan fingerprint density at radius 2 is 1.35 bits per heavy atom. The number of hydrogen-bond acceptors (Lipinski definition) is 16. The van der Waals surface area contributed by atoms with Crippen LogP contribution >= 0.6 is 0 Å². The molecule has 1 saturated carbocycles. The molecule has 4 heterocycles. The second-order valence-electron chi connectivity index (χ2n) is 13.2. The Bertz CT molecular complexity index is 1560. The number of aliphatic hydroxyl groups excluding tert-OH is 6. The molecule has 2 aromatic rings. The van der Waals surface area contributed by atoms with E-state index in [2.05, 4.69) is 0 Å². The second kappa shape index (κ2) is 14.5. The summed E-state index contributed by atoms with van der Waals surface area (Å²) in [5.41, 5.74) is -0.887. The van der Waals surface area contributed by atoms with Crippen LogP contribution < -0.4 is 0 Å². The van der Waals surface area contributed by atoms with Crippen molar-refractivity contribution in [3.8, 4) is 0 Å². The predicted octanol–water partition coefficient (Wildman–Crippen LogP) is -1.01. The highest BCUT2D eigenvalue weighted by atomic mass is 16.8. The Hall–Kier alpha value is -3.52. The Kier molecular flexibility index (Phi) is 10.2. The molecular weight excluding hydrogens is 676 g/mol. The van der Waals surface area contributed by atoms with Gasteiger partial charge in [-0.15, -0.1) is 0 Å². The maximum absolute atomic E-state index is 13.4. The van der Waals surface area contributed by atoms with E-state index in [1.165, 1.54) is 30.5 Å². The van der Waals surface area contributed by atoms with Gasteiger partial charge < -0.3 is 68.5 Å². The number of aliphatic hydroxyl groups is 6. The zero-order chi connectivity index (χ0) is 36.0. The molecule has 5 aliphatic rings. The highest BCUT2D eigenvalue weighted by Gasteiger charge is 2.77. The van der Waals surface area contributed by atoms with E-state index in [0.29, 0.717) is 0 Å². The maximum atomic E-state index is 13.4. The van der Waals surface area contributed by atoms with Crippen LogP contribution in [-0.2, 0) is 37.9 Å². The van der Waals surface area contributed by atoms with Crippen molar-refractivity contribution in [2.75, 3.05) is 13.2 Å². The van der Waals surface area contributed by atoms with Gasteiger partial charge >= 0.3 is 11.9 Å². The van der Waals surface area contributed by atoms with Crippen molar-refractivity contribution in [1.29, 1.82) is 0 Å². The Morgan fingerprint density at radius 1 is 0.725 bits per heavy atom. The topological polar surface area (TPSA) is 233 Å². The van der Waals surface area contributed by atoms with Crippen LogP contribution in [0.3, 0.4) is 0 Å². The lowest BCUT2D eigenvalue weighted by molar-refractivity contribution is -0.346. The molecule has 2 aromatic carbocycles. The average Bonchev–Trinajstić information content (AvgIpc) is 3.83. The van der Waals surface area contributed by atoms with Crippen molar-refractivity contribution < 1.29 is 78.1 Å². The summed E-state index contributed by atoms with van der Waals surface area (Å²) in [6, 6.07) is 16.2. The maximum Gasteiger partial charge on any atom is 0.338 e. The molecule has 4 aliphatic heterocycles. The summed E-state index contributed by atoms with van der Waals surface area (Å²) in [5.74, 6) is -2.98. The lowest BCUT2D eigenvalue weighted by Crippen LogP contribution is -2.61. The summed E-state index contributed by atoms with van der Waals surface area (Å²) in [5, 5.41) is 62.6. The number of rotatable bonds is 10. The van der Waals surface area contributed by atoms with Gasteiger partial charge in [-0.1, -0.05) is 36.4 Å². The van der Waals surface area contributed by atoms with Gasteiger partial charge in [-0.25, -0.2) is 9.59 Å². The quantitative estimate of drug-likeness (QED) is 0.128. The van der Waals surface area contributed by atoms with E-state index < -0.39 is 122 Å². The first-order valence-electron chi connectivity index (χ1n) is 16.7. The van der Waals surface area contributed by atoms with E-state index in [1.807, 2.05) is 0 Å². The summed E-state index contributed by atoms with van der Waals surface area (Å²) >= 11 is 0. The first-order chi connectivity index (χ1) is 24.6. The lowest BCUT2D eigenvalue weighted by Gasteiger charge is -2.45. The van der Waals surface area contributed by atoms with Gasteiger partial charge in [0.1, 0.15) is 42.2 Å². The fraction of sp³-hybridized carbons (Fsp3) is 0.543. The number of ether oxygens (including phenoxy) is 8. The van der Waals surface area contributed by atoms with Crippen molar-refractivity contribution >= 4 is 11.9 Å². The van der Waals surface area contributed by atoms with Crippen LogP contribution in [0.25, 0.3) is 0 Å². The molecule has 16 heteroatoms. The highest BCUT2D eigenvalue weighted by Crippen LogP contribution is 2.61. The molecule has 0 aromatic heterocycles. The van der Waals surface area contributed by atoms with Gasteiger partial charge in [-0.05, 0) is 37.3 Å². The van der Waals surface area contributed by atoms with Gasteiger partial charge in [-0.3, -0.25) is 0 Å². The van der Waals surface area contributed by atoms with Crippen LogP contribution in [0.2, 0.25) is 0 Å². The Morgan fingerprint density at radius 3 is 1.96 bits per heavy atom. The minimum atomic E-state index is -1.72. The standard InChI is InChI=1S/C35H40O16/c1-16-22(38)27(47-30(42)17-8-4-2-5-9-17)28(48-31(43)18-10-6-3-7-11-18)34(45-16)49-26-19-12-13-44-32(21(19)35(15-37)29(26)51-35)50-33-25(41)24(40)23(39)20(14-36)46-33/h2-13,16,19-29,32-34,36-41H,14-15H2,1H3/t16-,19+,20+,21+,22-,23+,24-,25+,26-,27+,28+,29-,32-,33-,34-,35+/m0/s1. The molecule has 16 nitrogen and oxygen atoms in total. The van der Waals surface area contributed by atoms with Crippen LogP contribution in [0.5, 0.6) is 0 Å². The smallest absolute Gasteiger partial charge is 0.338 e. The average molecular weight is 717 g/mol. The number of carbonyl (C=O) groups is 2. The Balaban J connectivity index is 1.15. The minimum Gasteiger partial charge on any atom is -0.472 e. The molecule has 0 spiro atoms. The molecule has 51 heavy (non-hydrogen) atoms. The molecule has 1 aliphatic carbocycles. The van der Waals surface area contributed by atoms with Crippen LogP contribution in [0.15, 0.2) is 73.0 Å². The van der Waals surface area contributed by atoms with E-state index in [1.54, 1.807) is 49.4 Å². The summed E-state index contributed by atoms with van der Waals surface area (Å²) in [7, 11) is 0. The summed E-state index contributed by atoms with van der Waals surface area (Å²) in [4.78, 5) is 26.6. The zero-order valence-electron chi connectivity index (χ0n) is 27.3. The van der Waals surface area contributed by atoms with Crippen molar-refractivity contribution in [3.63, 3.8) is 0 Å². The summed E-state index contributed by atoms with van der Waals surface area (Å²) in [6.07, 6.45) is -14.5. The monoisotopic (exact) mass is 716 g/mol. The zero-order valence-corrected chi connectivity index (χ0v) is 27.3. The molecule has 7 rings (SSSR count). The van der Waals surface area contributed by atoms with Crippen LogP contribution in [0, 0.1) is 11.8 Å². The number of epoxide rings is 1. The number of hydrogen-bond donors (Lipinski definition) is 6. The fourth-order valence-corrected chi connectivity index (χ4v) is 7.35.